The number of carboxylic acid groups (broad SMARTS) is 1. The lowest BCUT2D eigenvalue weighted by Crippen LogP contribution is -2.41. The molecule has 114 valence electrons. The third-order valence-electron chi connectivity index (χ3n) is 4.52. The molecule has 2 aliphatic rings. The van der Waals surface area contributed by atoms with Gasteiger partial charge in [-0.3, -0.25) is 14.6 Å². The Kier molecular flexibility index (Phi) is 4.24. The quantitative estimate of drug-likeness (QED) is 0.833. The van der Waals surface area contributed by atoms with Crippen molar-refractivity contribution in [2.75, 3.05) is 32.7 Å². The van der Waals surface area contributed by atoms with Gasteiger partial charge in [-0.05, 0) is 24.0 Å². The summed E-state index contributed by atoms with van der Waals surface area (Å²) in [7, 11) is 0. The Morgan fingerprint density at radius 1 is 1.14 bits per heavy atom. The Hall–Kier alpha value is -1.43. The number of β-amino-alcohol motifs (C(OH)–C–C–N with tert-alkyl or cyclic N) is 1. The molecule has 0 bridgehead atoms. The summed E-state index contributed by atoms with van der Waals surface area (Å²) >= 11 is 0. The molecule has 1 aliphatic carbocycles. The van der Waals surface area contributed by atoms with Gasteiger partial charge < -0.3 is 10.2 Å². The van der Waals surface area contributed by atoms with Crippen LogP contribution < -0.4 is 0 Å². The zero-order valence-corrected chi connectivity index (χ0v) is 12.1. The molecule has 3 rings (SSSR count). The third kappa shape index (κ3) is 3.43. The first-order chi connectivity index (χ1) is 10.1. The van der Waals surface area contributed by atoms with Crippen molar-refractivity contribution in [3.63, 3.8) is 0 Å². The molecule has 1 saturated heterocycles. The van der Waals surface area contributed by atoms with E-state index in [0.29, 0.717) is 25.7 Å². The molecule has 1 heterocycles. The molecule has 2 N–H and O–H groups in total. The topological polar surface area (TPSA) is 64.0 Å². The van der Waals surface area contributed by atoms with Gasteiger partial charge in [-0.25, -0.2) is 0 Å². The Labute approximate surface area is 124 Å². The van der Waals surface area contributed by atoms with Crippen LogP contribution in [0.4, 0.5) is 0 Å². The van der Waals surface area contributed by atoms with E-state index in [1.165, 1.54) is 11.1 Å². The van der Waals surface area contributed by atoms with Crippen molar-refractivity contribution in [3.8, 4) is 0 Å². The molecule has 0 radical (unpaired) electrons. The van der Waals surface area contributed by atoms with Gasteiger partial charge in [0.2, 0.25) is 0 Å². The summed E-state index contributed by atoms with van der Waals surface area (Å²) in [6.45, 7) is 2.62. The van der Waals surface area contributed by atoms with Crippen LogP contribution in [0.2, 0.25) is 0 Å². The molecule has 1 aromatic carbocycles. The van der Waals surface area contributed by atoms with Crippen LogP contribution in [0.5, 0.6) is 0 Å². The minimum Gasteiger partial charge on any atom is -0.480 e. The minimum absolute atomic E-state index is 0.00971. The smallest absolute Gasteiger partial charge is 0.317 e. The summed E-state index contributed by atoms with van der Waals surface area (Å²) in [5, 5.41) is 19.0. The zero-order valence-electron chi connectivity index (χ0n) is 12.1. The predicted molar refractivity (Wildman–Crippen MR) is 79.3 cm³/mol. The molecule has 5 nitrogen and oxygen atoms in total. The van der Waals surface area contributed by atoms with Crippen LogP contribution in [0.3, 0.4) is 0 Å². The van der Waals surface area contributed by atoms with Gasteiger partial charge in [0.15, 0.2) is 0 Å². The van der Waals surface area contributed by atoms with Crippen molar-refractivity contribution in [1.29, 1.82) is 0 Å². The van der Waals surface area contributed by atoms with Crippen molar-refractivity contribution in [2.45, 2.75) is 25.0 Å². The Morgan fingerprint density at radius 3 is 2.43 bits per heavy atom. The highest BCUT2D eigenvalue weighted by molar-refractivity contribution is 5.69. The lowest BCUT2D eigenvalue weighted by atomic mass is 10.1. The minimum atomic E-state index is -0.830. The molecule has 0 aromatic heterocycles. The number of fused-ring (bicyclic) bond motifs is 1. The number of carbonyl (C=O) groups is 1. The van der Waals surface area contributed by atoms with E-state index in [1.54, 1.807) is 0 Å². The number of carboxylic acids is 1. The Morgan fingerprint density at radius 2 is 1.81 bits per heavy atom. The summed E-state index contributed by atoms with van der Waals surface area (Å²) in [6.07, 6.45) is 1.58. The van der Waals surface area contributed by atoms with Crippen molar-refractivity contribution in [2.24, 2.45) is 0 Å². The first-order valence-electron chi connectivity index (χ1n) is 7.55. The Bertz CT molecular complexity index is 495. The fraction of sp³-hybridized carbons (Fsp3) is 0.562. The average molecular weight is 290 g/mol. The number of aliphatic hydroxyl groups is 1. The summed E-state index contributed by atoms with van der Waals surface area (Å²) in [5.41, 5.74) is 2.81. The highest BCUT2D eigenvalue weighted by atomic mass is 16.4. The van der Waals surface area contributed by atoms with E-state index in [9.17, 15) is 9.90 Å². The molecule has 1 atom stereocenters. The molecule has 21 heavy (non-hydrogen) atoms. The number of hydrogen-bond acceptors (Lipinski definition) is 4. The molecule has 1 fully saturated rings. The number of nitrogens with zero attached hydrogens (tertiary/aromatic N) is 2. The molecule has 0 spiro atoms. The molecule has 0 unspecified atom stereocenters. The van der Waals surface area contributed by atoms with Gasteiger partial charge in [-0.1, -0.05) is 24.3 Å². The zero-order chi connectivity index (χ0) is 14.8. The van der Waals surface area contributed by atoms with Crippen LogP contribution >= 0.6 is 0 Å². The Balaban J connectivity index is 1.64. The maximum absolute atomic E-state index is 10.8. The first-order valence-corrected chi connectivity index (χ1v) is 7.55. The van der Waals surface area contributed by atoms with Gasteiger partial charge in [0.1, 0.15) is 0 Å². The van der Waals surface area contributed by atoms with E-state index >= 15 is 0 Å². The first kappa shape index (κ1) is 14.5. The highest BCUT2D eigenvalue weighted by Crippen LogP contribution is 2.26. The van der Waals surface area contributed by atoms with Crippen LogP contribution in [-0.2, 0) is 17.6 Å². The standard InChI is InChI=1S/C16H22N2O3/c19-15-9-17(11-16(20)21)5-6-18(10-15)14-7-12-3-1-2-4-13(12)8-14/h1-4,14-15,19H,5-11H2,(H,20,21)/t15-/m0/s1. The number of hydrogen-bond donors (Lipinski definition) is 2. The summed E-state index contributed by atoms with van der Waals surface area (Å²) in [4.78, 5) is 15.0. The lowest BCUT2D eigenvalue weighted by Gasteiger charge is -2.28. The maximum atomic E-state index is 10.8. The second kappa shape index (κ2) is 6.13. The number of aliphatic hydroxyl groups excluding tert-OH is 1. The van der Waals surface area contributed by atoms with Gasteiger partial charge in [0, 0.05) is 32.2 Å². The fourth-order valence-corrected chi connectivity index (χ4v) is 3.54. The molecule has 0 amide bonds. The van der Waals surface area contributed by atoms with Crippen molar-refractivity contribution in [1.82, 2.24) is 9.80 Å². The van der Waals surface area contributed by atoms with Gasteiger partial charge in [0.05, 0.1) is 12.6 Å². The van der Waals surface area contributed by atoms with Crippen molar-refractivity contribution >= 4 is 5.97 Å². The lowest BCUT2D eigenvalue weighted by molar-refractivity contribution is -0.138. The second-order valence-electron chi connectivity index (χ2n) is 6.11. The number of benzene rings is 1. The predicted octanol–water partition coefficient (Wildman–Crippen LogP) is 0.217. The molecule has 5 heteroatoms. The van der Waals surface area contributed by atoms with E-state index in [4.69, 9.17) is 5.11 Å². The average Bonchev–Trinajstić information content (AvgIpc) is 2.77. The molecular weight excluding hydrogens is 268 g/mol. The normalized spacial score (nSPS) is 24.7. The van der Waals surface area contributed by atoms with Gasteiger partial charge >= 0.3 is 5.97 Å². The van der Waals surface area contributed by atoms with Crippen LogP contribution in [0.15, 0.2) is 24.3 Å². The van der Waals surface area contributed by atoms with Crippen LogP contribution in [-0.4, -0.2) is 70.9 Å². The molecule has 0 saturated carbocycles. The second-order valence-corrected chi connectivity index (χ2v) is 6.11. The summed E-state index contributed by atoms with van der Waals surface area (Å²) < 4.78 is 0. The summed E-state index contributed by atoms with van der Waals surface area (Å²) in [6, 6.07) is 8.95. The molecular formula is C16H22N2O3. The van der Waals surface area contributed by atoms with Gasteiger partial charge in [0.25, 0.3) is 0 Å². The van der Waals surface area contributed by atoms with Gasteiger partial charge in [-0.2, -0.15) is 0 Å². The van der Waals surface area contributed by atoms with E-state index < -0.39 is 12.1 Å². The van der Waals surface area contributed by atoms with E-state index in [1.807, 2.05) is 4.90 Å². The van der Waals surface area contributed by atoms with Crippen molar-refractivity contribution in [3.05, 3.63) is 35.4 Å². The number of rotatable bonds is 3. The largest absolute Gasteiger partial charge is 0.480 e. The SMILES string of the molecule is O=C(O)CN1CCN(C2Cc3ccccc3C2)C[C@@H](O)C1. The highest BCUT2D eigenvalue weighted by Gasteiger charge is 2.30. The van der Waals surface area contributed by atoms with E-state index in [-0.39, 0.29) is 6.54 Å². The van der Waals surface area contributed by atoms with Crippen LogP contribution in [0.25, 0.3) is 0 Å². The monoisotopic (exact) mass is 290 g/mol. The van der Waals surface area contributed by atoms with E-state index in [0.717, 1.165) is 19.4 Å². The van der Waals surface area contributed by atoms with Gasteiger partial charge in [-0.15, -0.1) is 0 Å². The molecule has 1 aromatic rings. The van der Waals surface area contributed by atoms with Crippen molar-refractivity contribution < 1.29 is 15.0 Å². The molecule has 1 aliphatic heterocycles. The number of aliphatic carboxylic acids is 1. The fourth-order valence-electron chi connectivity index (χ4n) is 3.54. The van der Waals surface area contributed by atoms with Crippen LogP contribution in [0, 0.1) is 0 Å². The third-order valence-corrected chi connectivity index (χ3v) is 4.52. The van der Waals surface area contributed by atoms with E-state index in [2.05, 4.69) is 29.2 Å². The summed E-state index contributed by atoms with van der Waals surface area (Å²) in [5.74, 6) is -0.830. The maximum Gasteiger partial charge on any atom is 0.317 e. The van der Waals surface area contributed by atoms with Crippen LogP contribution in [0.1, 0.15) is 11.1 Å².